The Kier molecular flexibility index (Phi) is 8.15. The molecule has 0 saturated carbocycles. The van der Waals surface area contributed by atoms with E-state index in [4.69, 9.17) is 21.2 Å². The molecule has 3 rings (SSSR count). The summed E-state index contributed by atoms with van der Waals surface area (Å²) in [5.41, 5.74) is 0.658. The van der Waals surface area contributed by atoms with Gasteiger partial charge in [0.2, 0.25) is 11.8 Å². The zero-order chi connectivity index (χ0) is 20.6. The van der Waals surface area contributed by atoms with Gasteiger partial charge in [0.15, 0.2) is 0 Å². The molecule has 2 amide bonds. The number of nitrogens with one attached hydrogen (secondary N) is 1. The number of benzene rings is 1. The number of hydroxylamine groups is 2. The molecule has 1 atom stereocenters. The van der Waals surface area contributed by atoms with Crippen molar-refractivity contribution in [1.29, 1.82) is 0 Å². The van der Waals surface area contributed by atoms with E-state index in [9.17, 15) is 9.59 Å². The molecular formula is C21H30ClN3O4. The topological polar surface area (TPSA) is 71.1 Å². The van der Waals surface area contributed by atoms with Crippen molar-refractivity contribution in [3.05, 3.63) is 23.2 Å². The fourth-order valence-corrected chi connectivity index (χ4v) is 4.14. The van der Waals surface area contributed by atoms with E-state index >= 15 is 0 Å². The Morgan fingerprint density at radius 1 is 1.28 bits per heavy atom. The fourth-order valence-electron chi connectivity index (χ4n) is 3.88. The molecule has 2 aliphatic heterocycles. The predicted octanol–water partition coefficient (Wildman–Crippen LogP) is 3.33. The number of hydrogen-bond donors (Lipinski definition) is 1. The Balaban J connectivity index is 1.39. The Labute approximate surface area is 177 Å². The number of rotatable bonds is 8. The van der Waals surface area contributed by atoms with Gasteiger partial charge in [-0.05, 0) is 49.8 Å². The van der Waals surface area contributed by atoms with E-state index in [-0.39, 0.29) is 11.8 Å². The van der Waals surface area contributed by atoms with Crippen LogP contribution in [0, 0.1) is 5.92 Å². The minimum Gasteiger partial charge on any atom is -0.495 e. The van der Waals surface area contributed by atoms with E-state index in [1.165, 1.54) is 0 Å². The quantitative estimate of drug-likeness (QED) is 0.694. The second-order valence-electron chi connectivity index (χ2n) is 7.65. The lowest BCUT2D eigenvalue weighted by molar-refractivity contribution is -0.140. The lowest BCUT2D eigenvalue weighted by Gasteiger charge is -2.33. The molecule has 1 aromatic rings. The molecule has 8 heteroatoms. The Morgan fingerprint density at radius 2 is 2.14 bits per heavy atom. The van der Waals surface area contributed by atoms with Crippen molar-refractivity contribution in [2.75, 3.05) is 45.2 Å². The number of methoxy groups -OCH3 is 1. The summed E-state index contributed by atoms with van der Waals surface area (Å²) in [5.74, 6) is 1.08. The number of carbonyl (C=O) groups excluding carboxylic acids is 2. The Bertz CT molecular complexity index is 709. The maximum atomic E-state index is 12.5. The van der Waals surface area contributed by atoms with Crippen molar-refractivity contribution < 1.29 is 19.2 Å². The summed E-state index contributed by atoms with van der Waals surface area (Å²) in [6.45, 7) is 3.87. The number of hydrogen-bond acceptors (Lipinski definition) is 5. The molecule has 160 valence electrons. The standard InChI is InChI=1S/C21H30ClN3O4/c1-28-19-7-6-17(14-18(19)22)23-20(26)8-5-16-4-2-10-24(15-16)21(27)9-12-25-11-3-13-29-25/h6-7,14,16H,2-5,8-13,15H2,1H3,(H,23,26)/t16-/m1/s1. The van der Waals surface area contributed by atoms with Gasteiger partial charge in [-0.25, -0.2) is 0 Å². The van der Waals surface area contributed by atoms with Gasteiger partial charge in [-0.2, -0.15) is 5.06 Å². The second kappa shape index (κ2) is 10.8. The average molecular weight is 424 g/mol. The van der Waals surface area contributed by atoms with Gasteiger partial charge in [0.1, 0.15) is 5.75 Å². The molecule has 7 nitrogen and oxygen atoms in total. The van der Waals surface area contributed by atoms with Gasteiger partial charge >= 0.3 is 0 Å². The molecule has 0 radical (unpaired) electrons. The molecule has 2 aliphatic rings. The smallest absolute Gasteiger partial charge is 0.224 e. The third-order valence-electron chi connectivity index (χ3n) is 5.49. The highest BCUT2D eigenvalue weighted by atomic mass is 35.5. The first-order valence-electron chi connectivity index (χ1n) is 10.3. The molecule has 0 aromatic heterocycles. The number of halogens is 1. The van der Waals surface area contributed by atoms with Crippen molar-refractivity contribution in [2.45, 2.75) is 38.5 Å². The van der Waals surface area contributed by atoms with Crippen molar-refractivity contribution in [3.8, 4) is 5.75 Å². The van der Waals surface area contributed by atoms with Gasteiger partial charge in [0.25, 0.3) is 0 Å². The number of anilines is 1. The Morgan fingerprint density at radius 3 is 2.86 bits per heavy atom. The van der Waals surface area contributed by atoms with Crippen LogP contribution < -0.4 is 10.1 Å². The normalized spacial score (nSPS) is 19.9. The molecule has 0 spiro atoms. The predicted molar refractivity (Wildman–Crippen MR) is 112 cm³/mol. The molecule has 0 bridgehead atoms. The summed E-state index contributed by atoms with van der Waals surface area (Å²) >= 11 is 6.10. The molecule has 2 heterocycles. The van der Waals surface area contributed by atoms with Crippen LogP contribution in [0.3, 0.4) is 0 Å². The van der Waals surface area contributed by atoms with E-state index in [1.54, 1.807) is 25.3 Å². The van der Waals surface area contributed by atoms with E-state index in [0.717, 1.165) is 51.9 Å². The molecule has 1 aromatic carbocycles. The molecule has 1 N–H and O–H groups in total. The van der Waals surface area contributed by atoms with Crippen LogP contribution in [-0.4, -0.2) is 61.7 Å². The first-order valence-corrected chi connectivity index (χ1v) is 10.7. The van der Waals surface area contributed by atoms with Gasteiger partial charge in [-0.3, -0.25) is 14.4 Å². The maximum Gasteiger partial charge on any atom is 0.224 e. The van der Waals surface area contributed by atoms with Gasteiger partial charge in [-0.1, -0.05) is 11.6 Å². The van der Waals surface area contributed by atoms with Gasteiger partial charge in [0, 0.05) is 44.7 Å². The number of likely N-dealkylation sites (tertiary alicyclic amines) is 1. The summed E-state index contributed by atoms with van der Waals surface area (Å²) < 4.78 is 5.12. The van der Waals surface area contributed by atoms with E-state index < -0.39 is 0 Å². The van der Waals surface area contributed by atoms with Crippen molar-refractivity contribution >= 4 is 29.1 Å². The molecule has 0 aliphatic carbocycles. The van der Waals surface area contributed by atoms with Gasteiger partial charge in [-0.15, -0.1) is 0 Å². The minimum absolute atomic E-state index is 0.0409. The highest BCUT2D eigenvalue weighted by molar-refractivity contribution is 6.32. The van der Waals surface area contributed by atoms with Crippen LogP contribution in [0.1, 0.15) is 38.5 Å². The molecule has 29 heavy (non-hydrogen) atoms. The number of nitrogens with zero attached hydrogens (tertiary/aromatic N) is 2. The summed E-state index contributed by atoms with van der Waals surface area (Å²) in [7, 11) is 1.55. The SMILES string of the molecule is COc1ccc(NC(=O)CC[C@H]2CCCN(C(=O)CCN3CCCO3)C2)cc1Cl. The van der Waals surface area contributed by atoms with Crippen LogP contribution in [0.15, 0.2) is 18.2 Å². The van der Waals surface area contributed by atoms with E-state index in [2.05, 4.69) is 5.32 Å². The third-order valence-corrected chi connectivity index (χ3v) is 5.78. The summed E-state index contributed by atoms with van der Waals surface area (Å²) in [4.78, 5) is 32.2. The van der Waals surface area contributed by atoms with E-state index in [1.807, 2.05) is 9.96 Å². The van der Waals surface area contributed by atoms with Gasteiger partial charge in [0.05, 0.1) is 18.7 Å². The van der Waals surface area contributed by atoms with Crippen LogP contribution in [0.4, 0.5) is 5.69 Å². The van der Waals surface area contributed by atoms with Crippen LogP contribution in [0.2, 0.25) is 5.02 Å². The second-order valence-corrected chi connectivity index (χ2v) is 8.06. The molecule has 2 fully saturated rings. The average Bonchev–Trinajstić information content (AvgIpc) is 3.24. The fraction of sp³-hybridized carbons (Fsp3) is 0.619. The van der Waals surface area contributed by atoms with Crippen LogP contribution in [0.25, 0.3) is 0 Å². The Hall–Kier alpha value is -1.83. The highest BCUT2D eigenvalue weighted by Crippen LogP contribution is 2.27. The monoisotopic (exact) mass is 423 g/mol. The zero-order valence-corrected chi connectivity index (χ0v) is 17.7. The van der Waals surface area contributed by atoms with Crippen LogP contribution in [-0.2, 0) is 14.4 Å². The number of piperidine rings is 1. The zero-order valence-electron chi connectivity index (χ0n) is 17.0. The molecular weight excluding hydrogens is 394 g/mol. The van der Waals surface area contributed by atoms with Crippen molar-refractivity contribution in [1.82, 2.24) is 9.96 Å². The minimum atomic E-state index is -0.0409. The summed E-state index contributed by atoms with van der Waals surface area (Å²) in [5, 5.41) is 5.23. The maximum absolute atomic E-state index is 12.5. The third kappa shape index (κ3) is 6.59. The largest absolute Gasteiger partial charge is 0.495 e. The molecule has 2 saturated heterocycles. The lowest BCUT2D eigenvalue weighted by Crippen LogP contribution is -2.41. The van der Waals surface area contributed by atoms with Crippen LogP contribution in [0.5, 0.6) is 5.75 Å². The van der Waals surface area contributed by atoms with Crippen molar-refractivity contribution in [2.24, 2.45) is 5.92 Å². The molecule has 0 unspecified atom stereocenters. The summed E-state index contributed by atoms with van der Waals surface area (Å²) in [6, 6.07) is 5.19. The van der Waals surface area contributed by atoms with Gasteiger partial charge < -0.3 is 15.0 Å². The van der Waals surface area contributed by atoms with Crippen LogP contribution >= 0.6 is 11.6 Å². The lowest BCUT2D eigenvalue weighted by atomic mass is 9.93. The highest BCUT2D eigenvalue weighted by Gasteiger charge is 2.25. The summed E-state index contributed by atoms with van der Waals surface area (Å²) in [6.07, 6.45) is 4.77. The first kappa shape index (κ1) is 21.9. The number of ether oxygens (including phenoxy) is 1. The van der Waals surface area contributed by atoms with Crippen molar-refractivity contribution in [3.63, 3.8) is 0 Å². The first-order chi connectivity index (χ1) is 14.0. The number of amides is 2. The van der Waals surface area contributed by atoms with E-state index in [0.29, 0.717) is 41.8 Å². The number of carbonyl (C=O) groups is 2.